The fraction of sp³-hybridized carbons (Fsp3) is 0.571. The summed E-state index contributed by atoms with van der Waals surface area (Å²) in [5.74, 6) is 1.41. The lowest BCUT2D eigenvalue weighted by atomic mass is 10.2. The molecule has 0 saturated carbocycles. The molecule has 2 aliphatic rings. The maximum atomic E-state index is 12.8. The van der Waals surface area contributed by atoms with Crippen LogP contribution in [0.1, 0.15) is 32.5 Å². The number of morpholine rings is 1. The van der Waals surface area contributed by atoms with Crippen LogP contribution >= 0.6 is 11.8 Å². The lowest BCUT2D eigenvalue weighted by molar-refractivity contribution is -0.140. The number of rotatable bonds is 6. The largest absolute Gasteiger partial charge is 0.372 e. The third-order valence-electron chi connectivity index (χ3n) is 5.38. The van der Waals surface area contributed by atoms with Crippen molar-refractivity contribution in [3.63, 3.8) is 0 Å². The number of thioether (sulfide) groups is 1. The van der Waals surface area contributed by atoms with E-state index in [0.717, 1.165) is 36.3 Å². The summed E-state index contributed by atoms with van der Waals surface area (Å²) in [5.41, 5.74) is 1.04. The second-order valence-electron chi connectivity index (χ2n) is 7.90. The molecule has 0 radical (unpaired) electrons. The maximum absolute atomic E-state index is 12.8. The molecule has 0 aliphatic carbocycles. The van der Waals surface area contributed by atoms with Crippen molar-refractivity contribution in [1.29, 1.82) is 0 Å². The minimum Gasteiger partial charge on any atom is -0.372 e. The molecular weight excluding hydrogens is 386 g/mol. The third-order valence-corrected chi connectivity index (χ3v) is 6.29. The number of nitrogens with zero attached hydrogens (tertiary/aromatic N) is 5. The first-order valence-electron chi connectivity index (χ1n) is 10.4. The van der Waals surface area contributed by atoms with Crippen LogP contribution < -0.4 is 0 Å². The van der Waals surface area contributed by atoms with E-state index < -0.39 is 0 Å². The van der Waals surface area contributed by atoms with Gasteiger partial charge in [0.2, 0.25) is 5.91 Å². The molecule has 156 valence electrons. The van der Waals surface area contributed by atoms with Crippen LogP contribution in [0.4, 0.5) is 0 Å². The van der Waals surface area contributed by atoms with Crippen LogP contribution in [-0.4, -0.2) is 74.6 Å². The van der Waals surface area contributed by atoms with Crippen LogP contribution in [0.5, 0.6) is 0 Å². The normalized spacial score (nSPS) is 22.9. The molecule has 2 saturated heterocycles. The van der Waals surface area contributed by atoms with Gasteiger partial charge >= 0.3 is 0 Å². The molecule has 0 spiro atoms. The standard InChI is InChI=1S/C21H29N5O2S/c1-16-12-25(13-17(2)28-16)20(27)15-29-21-23-22-19(14-24-10-6-7-11-24)26(21)18-8-4-3-5-9-18/h3-5,8-9,16-17H,6-7,10-15H2,1-2H3/t16-,17-/m0/s1. The highest BCUT2D eigenvalue weighted by atomic mass is 32.2. The Labute approximate surface area is 176 Å². The molecule has 3 heterocycles. The topological polar surface area (TPSA) is 63.5 Å². The predicted octanol–water partition coefficient (Wildman–Crippen LogP) is 2.59. The van der Waals surface area contributed by atoms with Crippen molar-refractivity contribution in [2.45, 2.75) is 50.6 Å². The monoisotopic (exact) mass is 415 g/mol. The van der Waals surface area contributed by atoms with Crippen molar-refractivity contribution in [2.24, 2.45) is 0 Å². The number of aromatic nitrogens is 3. The summed E-state index contributed by atoms with van der Waals surface area (Å²) in [4.78, 5) is 17.1. The molecule has 2 atom stereocenters. The van der Waals surface area contributed by atoms with Crippen molar-refractivity contribution in [3.05, 3.63) is 36.2 Å². The van der Waals surface area contributed by atoms with Gasteiger partial charge < -0.3 is 9.64 Å². The van der Waals surface area contributed by atoms with E-state index in [2.05, 4.69) is 31.8 Å². The minimum absolute atomic E-state index is 0.0766. The van der Waals surface area contributed by atoms with Gasteiger partial charge in [-0.05, 0) is 51.9 Å². The minimum atomic E-state index is 0.0766. The SMILES string of the molecule is C[C@H]1CN(C(=O)CSc2nnc(CN3CCCC3)n2-c2ccccc2)C[C@H](C)O1. The predicted molar refractivity (Wildman–Crippen MR) is 113 cm³/mol. The molecule has 7 nitrogen and oxygen atoms in total. The Balaban J connectivity index is 1.49. The summed E-state index contributed by atoms with van der Waals surface area (Å²) in [6.45, 7) is 8.32. The van der Waals surface area contributed by atoms with Crippen LogP contribution in [0.15, 0.2) is 35.5 Å². The van der Waals surface area contributed by atoms with Gasteiger partial charge in [-0.3, -0.25) is 14.3 Å². The van der Waals surface area contributed by atoms with E-state index in [1.165, 1.54) is 24.6 Å². The molecule has 1 amide bonds. The fourth-order valence-corrected chi connectivity index (χ4v) is 4.95. The highest BCUT2D eigenvalue weighted by Gasteiger charge is 2.26. The lowest BCUT2D eigenvalue weighted by Crippen LogP contribution is -2.48. The second-order valence-corrected chi connectivity index (χ2v) is 8.84. The van der Waals surface area contributed by atoms with E-state index in [0.29, 0.717) is 18.8 Å². The smallest absolute Gasteiger partial charge is 0.233 e. The molecule has 1 aromatic heterocycles. The van der Waals surface area contributed by atoms with E-state index in [1.54, 1.807) is 0 Å². The molecular formula is C21H29N5O2S. The van der Waals surface area contributed by atoms with Crippen molar-refractivity contribution in [2.75, 3.05) is 31.9 Å². The Morgan fingerprint density at radius 1 is 1.10 bits per heavy atom. The van der Waals surface area contributed by atoms with Crippen LogP contribution in [0.2, 0.25) is 0 Å². The van der Waals surface area contributed by atoms with Crippen LogP contribution in [0.25, 0.3) is 5.69 Å². The number of hydrogen-bond donors (Lipinski definition) is 0. The van der Waals surface area contributed by atoms with Gasteiger partial charge in [-0.15, -0.1) is 10.2 Å². The number of ether oxygens (including phenoxy) is 1. The third kappa shape index (κ3) is 4.99. The molecule has 0 N–H and O–H groups in total. The Hall–Kier alpha value is -1.90. The molecule has 0 unspecified atom stereocenters. The first kappa shape index (κ1) is 20.4. The van der Waals surface area contributed by atoms with Crippen LogP contribution in [0, 0.1) is 0 Å². The summed E-state index contributed by atoms with van der Waals surface area (Å²) in [7, 11) is 0. The average Bonchev–Trinajstić information content (AvgIpc) is 3.36. The zero-order valence-corrected chi connectivity index (χ0v) is 18.0. The summed E-state index contributed by atoms with van der Waals surface area (Å²) in [6.07, 6.45) is 2.64. The zero-order chi connectivity index (χ0) is 20.2. The second kappa shape index (κ2) is 9.28. The van der Waals surface area contributed by atoms with Gasteiger partial charge in [-0.2, -0.15) is 0 Å². The highest BCUT2D eigenvalue weighted by molar-refractivity contribution is 7.99. The number of likely N-dealkylation sites (tertiary alicyclic amines) is 1. The quantitative estimate of drug-likeness (QED) is 0.676. The first-order valence-corrected chi connectivity index (χ1v) is 11.4. The average molecular weight is 416 g/mol. The van der Waals surface area contributed by atoms with Gasteiger partial charge in [0.25, 0.3) is 0 Å². The molecule has 2 aliphatic heterocycles. The van der Waals surface area contributed by atoms with Crippen LogP contribution in [-0.2, 0) is 16.1 Å². The van der Waals surface area contributed by atoms with Crippen LogP contribution in [0.3, 0.4) is 0 Å². The molecule has 1 aromatic carbocycles. The van der Waals surface area contributed by atoms with E-state index in [4.69, 9.17) is 4.74 Å². The van der Waals surface area contributed by atoms with E-state index in [-0.39, 0.29) is 18.1 Å². The zero-order valence-electron chi connectivity index (χ0n) is 17.2. The van der Waals surface area contributed by atoms with E-state index in [9.17, 15) is 4.79 Å². The molecule has 2 fully saturated rings. The fourth-order valence-electron chi connectivity index (χ4n) is 4.07. The van der Waals surface area contributed by atoms with Gasteiger partial charge in [-0.1, -0.05) is 30.0 Å². The first-order chi connectivity index (χ1) is 14.1. The van der Waals surface area contributed by atoms with Gasteiger partial charge in [0, 0.05) is 18.8 Å². The summed E-state index contributed by atoms with van der Waals surface area (Å²) >= 11 is 1.46. The van der Waals surface area contributed by atoms with E-state index >= 15 is 0 Å². The Morgan fingerprint density at radius 2 is 1.79 bits per heavy atom. The van der Waals surface area contributed by atoms with Gasteiger partial charge in [0.05, 0.1) is 24.5 Å². The summed E-state index contributed by atoms with van der Waals surface area (Å²) < 4.78 is 7.84. The van der Waals surface area contributed by atoms with E-state index in [1.807, 2.05) is 36.9 Å². The van der Waals surface area contributed by atoms with Crippen molar-refractivity contribution in [3.8, 4) is 5.69 Å². The van der Waals surface area contributed by atoms with Gasteiger partial charge in [0.1, 0.15) is 0 Å². The van der Waals surface area contributed by atoms with Crippen molar-refractivity contribution < 1.29 is 9.53 Å². The van der Waals surface area contributed by atoms with Crippen molar-refractivity contribution >= 4 is 17.7 Å². The summed E-state index contributed by atoms with van der Waals surface area (Å²) in [6, 6.07) is 10.2. The molecule has 2 aromatic rings. The maximum Gasteiger partial charge on any atom is 0.233 e. The number of carbonyl (C=O) groups is 1. The lowest BCUT2D eigenvalue weighted by Gasteiger charge is -2.35. The summed E-state index contributed by atoms with van der Waals surface area (Å²) in [5, 5.41) is 9.68. The number of carbonyl (C=O) groups excluding carboxylic acids is 1. The molecule has 8 heteroatoms. The Kier molecular flexibility index (Phi) is 6.52. The highest BCUT2D eigenvalue weighted by Crippen LogP contribution is 2.24. The number of amides is 1. The van der Waals surface area contributed by atoms with Gasteiger partial charge in [-0.25, -0.2) is 0 Å². The molecule has 29 heavy (non-hydrogen) atoms. The Bertz CT molecular complexity index is 812. The number of benzene rings is 1. The number of hydrogen-bond acceptors (Lipinski definition) is 6. The molecule has 4 rings (SSSR count). The van der Waals surface area contributed by atoms with Crippen molar-refractivity contribution in [1.82, 2.24) is 24.6 Å². The number of para-hydroxylation sites is 1. The Morgan fingerprint density at radius 3 is 2.48 bits per heavy atom. The molecule has 0 bridgehead atoms. The van der Waals surface area contributed by atoms with Gasteiger partial charge in [0.15, 0.2) is 11.0 Å².